The molecule has 0 aliphatic carbocycles. The fourth-order valence-electron chi connectivity index (χ4n) is 1.29. The van der Waals surface area contributed by atoms with E-state index >= 15 is 0 Å². The molecule has 102 valence electrons. The number of halogens is 1. The summed E-state index contributed by atoms with van der Waals surface area (Å²) in [6.45, 7) is 6.17. The molecule has 1 heterocycles. The van der Waals surface area contributed by atoms with Gasteiger partial charge in [0.15, 0.2) is 0 Å². The van der Waals surface area contributed by atoms with E-state index in [1.54, 1.807) is 12.1 Å². The minimum Gasteiger partial charge on any atom is -0.313 e. The molecule has 1 aromatic rings. The summed E-state index contributed by atoms with van der Waals surface area (Å²) in [6, 6.07) is 3.67. The number of aromatic nitrogens is 1. The van der Waals surface area contributed by atoms with Crippen molar-refractivity contribution < 1.29 is 8.42 Å². The van der Waals surface area contributed by atoms with Crippen LogP contribution in [-0.4, -0.2) is 31.7 Å². The molecule has 2 N–H and O–H groups in total. The van der Waals surface area contributed by atoms with Gasteiger partial charge in [0.05, 0.1) is 11.4 Å². The van der Waals surface area contributed by atoms with Gasteiger partial charge >= 0.3 is 0 Å². The van der Waals surface area contributed by atoms with Gasteiger partial charge in [-0.05, 0) is 35.0 Å². The summed E-state index contributed by atoms with van der Waals surface area (Å²) in [6.07, 6.45) is 0. The molecular formula is C11H18BrN3O2S. The fraction of sp³-hybridized carbons (Fsp3) is 0.545. The molecule has 1 aromatic heterocycles. The predicted molar refractivity (Wildman–Crippen MR) is 77.2 cm³/mol. The highest BCUT2D eigenvalue weighted by molar-refractivity contribution is 9.10. The predicted octanol–water partition coefficient (Wildman–Crippen LogP) is 1.89. The van der Waals surface area contributed by atoms with Gasteiger partial charge in [0, 0.05) is 17.1 Å². The van der Waals surface area contributed by atoms with E-state index in [2.05, 4.69) is 31.0 Å². The van der Waals surface area contributed by atoms with Crippen LogP contribution in [0.5, 0.6) is 0 Å². The van der Waals surface area contributed by atoms with Crippen molar-refractivity contribution in [2.75, 3.05) is 17.0 Å². The number of aryl methyl sites for hydroxylation is 1. The maximum absolute atomic E-state index is 11.8. The first-order chi connectivity index (χ1) is 8.30. The maximum atomic E-state index is 11.8. The molecule has 0 aliphatic heterocycles. The van der Waals surface area contributed by atoms with Crippen molar-refractivity contribution in [2.24, 2.45) is 0 Å². The third-order valence-electron chi connectivity index (χ3n) is 2.20. The van der Waals surface area contributed by atoms with Crippen LogP contribution in [-0.2, 0) is 10.0 Å². The van der Waals surface area contributed by atoms with E-state index in [0.29, 0.717) is 12.4 Å². The number of nitrogens with zero attached hydrogens (tertiary/aromatic N) is 1. The second-order valence-electron chi connectivity index (χ2n) is 4.29. The van der Waals surface area contributed by atoms with Crippen molar-refractivity contribution in [3.05, 3.63) is 22.3 Å². The molecule has 0 aliphatic rings. The first-order valence-corrected chi connectivity index (χ1v) is 8.12. The topological polar surface area (TPSA) is 71.1 Å². The number of hydrogen-bond acceptors (Lipinski definition) is 4. The SMILES string of the molecule is Cc1nc(NS(=O)(=O)CCNC(C)C)ccc1Br. The van der Waals surface area contributed by atoms with Crippen LogP contribution >= 0.6 is 15.9 Å². The van der Waals surface area contributed by atoms with Gasteiger partial charge in [-0.15, -0.1) is 0 Å². The van der Waals surface area contributed by atoms with E-state index in [1.165, 1.54) is 0 Å². The first kappa shape index (κ1) is 15.4. The molecule has 18 heavy (non-hydrogen) atoms. The van der Waals surface area contributed by atoms with Crippen LogP contribution in [0.3, 0.4) is 0 Å². The Balaban J connectivity index is 2.62. The Morgan fingerprint density at radius 2 is 2.06 bits per heavy atom. The average Bonchev–Trinajstić information content (AvgIpc) is 2.22. The lowest BCUT2D eigenvalue weighted by Crippen LogP contribution is -2.31. The van der Waals surface area contributed by atoms with Gasteiger partial charge in [-0.3, -0.25) is 4.72 Å². The van der Waals surface area contributed by atoms with Crippen molar-refractivity contribution >= 4 is 31.8 Å². The molecule has 0 atom stereocenters. The van der Waals surface area contributed by atoms with Gasteiger partial charge in [0.2, 0.25) is 10.0 Å². The zero-order valence-electron chi connectivity index (χ0n) is 10.7. The molecule has 0 saturated heterocycles. The lowest BCUT2D eigenvalue weighted by Gasteiger charge is -2.10. The Morgan fingerprint density at radius 3 is 2.61 bits per heavy atom. The van der Waals surface area contributed by atoms with Crippen LogP contribution in [0, 0.1) is 6.92 Å². The van der Waals surface area contributed by atoms with Crippen molar-refractivity contribution in [2.45, 2.75) is 26.8 Å². The Hall–Kier alpha value is -0.660. The highest BCUT2D eigenvalue weighted by atomic mass is 79.9. The number of anilines is 1. The molecular weight excluding hydrogens is 318 g/mol. The van der Waals surface area contributed by atoms with Crippen molar-refractivity contribution in [3.63, 3.8) is 0 Å². The fourth-order valence-corrected chi connectivity index (χ4v) is 2.44. The van der Waals surface area contributed by atoms with Crippen LogP contribution in [0.25, 0.3) is 0 Å². The lowest BCUT2D eigenvalue weighted by molar-refractivity contribution is 0.581. The number of sulfonamides is 1. The molecule has 1 rings (SSSR count). The summed E-state index contributed by atoms with van der Waals surface area (Å²) in [5, 5.41) is 3.06. The minimum absolute atomic E-state index is 0.0297. The Labute approximate surface area is 117 Å². The molecule has 0 radical (unpaired) electrons. The van der Waals surface area contributed by atoms with E-state index in [4.69, 9.17) is 0 Å². The quantitative estimate of drug-likeness (QED) is 0.832. The van der Waals surface area contributed by atoms with E-state index in [1.807, 2.05) is 20.8 Å². The normalized spacial score (nSPS) is 11.8. The summed E-state index contributed by atoms with van der Waals surface area (Å²) >= 11 is 3.32. The zero-order valence-corrected chi connectivity index (χ0v) is 13.1. The number of hydrogen-bond donors (Lipinski definition) is 2. The van der Waals surface area contributed by atoms with Gasteiger partial charge in [-0.1, -0.05) is 13.8 Å². The molecule has 0 amide bonds. The van der Waals surface area contributed by atoms with E-state index in [0.717, 1.165) is 10.2 Å². The smallest absolute Gasteiger partial charge is 0.235 e. The van der Waals surface area contributed by atoms with Crippen LogP contribution in [0.2, 0.25) is 0 Å². The highest BCUT2D eigenvalue weighted by Gasteiger charge is 2.11. The molecule has 0 bridgehead atoms. The molecule has 5 nitrogen and oxygen atoms in total. The van der Waals surface area contributed by atoms with Gasteiger partial charge in [0.25, 0.3) is 0 Å². The molecule has 0 fully saturated rings. The monoisotopic (exact) mass is 335 g/mol. The third kappa shape index (κ3) is 5.32. The van der Waals surface area contributed by atoms with Gasteiger partial charge in [0.1, 0.15) is 5.82 Å². The van der Waals surface area contributed by atoms with Crippen LogP contribution < -0.4 is 10.0 Å². The van der Waals surface area contributed by atoms with Crippen molar-refractivity contribution in [1.82, 2.24) is 10.3 Å². The number of nitrogens with one attached hydrogen (secondary N) is 2. The molecule has 0 saturated carbocycles. The van der Waals surface area contributed by atoms with Crippen LogP contribution in [0.15, 0.2) is 16.6 Å². The van der Waals surface area contributed by atoms with Crippen molar-refractivity contribution in [1.29, 1.82) is 0 Å². The molecule has 0 aromatic carbocycles. The van der Waals surface area contributed by atoms with Crippen molar-refractivity contribution in [3.8, 4) is 0 Å². The maximum Gasteiger partial charge on any atom is 0.235 e. The van der Waals surface area contributed by atoms with Gasteiger partial charge in [-0.2, -0.15) is 0 Å². The largest absolute Gasteiger partial charge is 0.313 e. The summed E-state index contributed by atoms with van der Waals surface area (Å²) in [5.74, 6) is 0.377. The minimum atomic E-state index is -3.35. The summed E-state index contributed by atoms with van der Waals surface area (Å²) in [7, 11) is -3.35. The number of rotatable bonds is 6. The number of pyridine rings is 1. The molecule has 0 unspecified atom stereocenters. The van der Waals surface area contributed by atoms with Crippen LogP contribution in [0.4, 0.5) is 5.82 Å². The van der Waals surface area contributed by atoms with Gasteiger partial charge < -0.3 is 5.32 Å². The van der Waals surface area contributed by atoms with E-state index in [-0.39, 0.29) is 11.8 Å². The third-order valence-corrected chi connectivity index (χ3v) is 4.30. The lowest BCUT2D eigenvalue weighted by atomic mass is 10.4. The van der Waals surface area contributed by atoms with E-state index in [9.17, 15) is 8.42 Å². The Bertz CT molecular complexity index is 503. The Kier molecular flexibility index (Phi) is 5.55. The average molecular weight is 336 g/mol. The molecule has 7 heteroatoms. The second kappa shape index (κ2) is 6.49. The first-order valence-electron chi connectivity index (χ1n) is 5.67. The highest BCUT2D eigenvalue weighted by Crippen LogP contribution is 2.16. The Morgan fingerprint density at radius 1 is 1.39 bits per heavy atom. The van der Waals surface area contributed by atoms with Crippen LogP contribution in [0.1, 0.15) is 19.5 Å². The zero-order chi connectivity index (χ0) is 13.8. The summed E-state index contributed by atoms with van der Waals surface area (Å²) in [5.41, 5.74) is 0.746. The molecule has 0 spiro atoms. The summed E-state index contributed by atoms with van der Waals surface area (Å²) in [4.78, 5) is 4.14. The second-order valence-corrected chi connectivity index (χ2v) is 6.99. The van der Waals surface area contributed by atoms with E-state index < -0.39 is 10.0 Å². The van der Waals surface area contributed by atoms with Gasteiger partial charge in [-0.25, -0.2) is 13.4 Å². The summed E-state index contributed by atoms with van der Waals surface area (Å²) < 4.78 is 26.9. The standard InChI is InChI=1S/C11H18BrN3O2S/c1-8(2)13-6-7-18(16,17)15-11-5-4-10(12)9(3)14-11/h4-5,8,13H,6-7H2,1-3H3,(H,14,15).